The van der Waals surface area contributed by atoms with E-state index in [1.165, 1.54) is 34.3 Å². The number of nitrogens with one attached hydrogen (secondary N) is 1. The number of esters is 1. The highest BCUT2D eigenvalue weighted by molar-refractivity contribution is 6.24. The van der Waals surface area contributed by atoms with Crippen molar-refractivity contribution in [2.45, 2.75) is 18.5 Å². The van der Waals surface area contributed by atoms with Gasteiger partial charge in [0.05, 0.1) is 38.9 Å². The van der Waals surface area contributed by atoms with Crippen LogP contribution in [0.5, 0.6) is 11.5 Å². The molecule has 9 nitrogen and oxygen atoms in total. The molecule has 0 saturated carbocycles. The summed E-state index contributed by atoms with van der Waals surface area (Å²) in [5, 5.41) is 3.35. The van der Waals surface area contributed by atoms with Crippen LogP contribution in [-0.4, -0.2) is 44.9 Å². The van der Waals surface area contributed by atoms with Crippen LogP contribution in [-0.2, 0) is 24.7 Å². The summed E-state index contributed by atoms with van der Waals surface area (Å²) in [5.74, 6) is -3.12. The van der Waals surface area contributed by atoms with Crippen LogP contribution in [0.15, 0.2) is 72.8 Å². The second kappa shape index (κ2) is 9.99. The van der Waals surface area contributed by atoms with E-state index >= 15 is 0 Å². The van der Waals surface area contributed by atoms with Gasteiger partial charge < -0.3 is 14.2 Å². The fourth-order valence-electron chi connectivity index (χ4n) is 5.80. The third-order valence-corrected chi connectivity index (χ3v) is 7.58. The summed E-state index contributed by atoms with van der Waals surface area (Å²) in [6.45, 7) is 1.41. The lowest BCUT2D eigenvalue weighted by molar-refractivity contribution is -0.152. The lowest BCUT2D eigenvalue weighted by Gasteiger charge is -2.33. The summed E-state index contributed by atoms with van der Waals surface area (Å²) in [5.41, 5.74) is 0.0202. The predicted molar refractivity (Wildman–Crippen MR) is 141 cm³/mol. The molecule has 2 heterocycles. The average molecular weight is 529 g/mol. The van der Waals surface area contributed by atoms with Gasteiger partial charge in [-0.2, -0.15) is 0 Å². The van der Waals surface area contributed by atoms with Gasteiger partial charge in [-0.1, -0.05) is 48.5 Å². The molecule has 0 bridgehead atoms. The van der Waals surface area contributed by atoms with Crippen LogP contribution in [0, 0.1) is 11.8 Å². The second-order valence-corrected chi connectivity index (χ2v) is 9.52. The predicted octanol–water partition coefficient (Wildman–Crippen LogP) is 3.43. The molecule has 39 heavy (non-hydrogen) atoms. The number of carbonyl (C=O) groups excluding carboxylic acids is 4. The maximum Gasteiger partial charge on any atom is 0.331 e. The van der Waals surface area contributed by atoms with Gasteiger partial charge in [0.25, 0.3) is 0 Å². The number of carbonyl (C=O) groups is 4. The number of anilines is 1. The SMILES string of the molecule is COC(=O)[C@]1(c2ccccc2)N[C@@H](c2ccc(OC)cc2OC)[C@@H]2C(=O)N(c3cccc(C(C)=O)c3)C(=O)[C@H]21. The fourth-order valence-corrected chi connectivity index (χ4v) is 5.80. The number of hydrogen-bond acceptors (Lipinski definition) is 8. The highest BCUT2D eigenvalue weighted by Gasteiger charge is 2.70. The fraction of sp³-hybridized carbons (Fsp3) is 0.267. The molecule has 0 radical (unpaired) electrons. The number of methoxy groups -OCH3 is 3. The van der Waals surface area contributed by atoms with E-state index in [0.717, 1.165) is 4.90 Å². The number of benzene rings is 3. The smallest absolute Gasteiger partial charge is 0.331 e. The number of Topliss-reactive ketones (excluding diaryl/α,β-unsaturated/α-hetero) is 1. The Morgan fingerprint density at radius 3 is 2.26 bits per heavy atom. The van der Waals surface area contributed by atoms with E-state index in [2.05, 4.69) is 5.32 Å². The molecule has 5 rings (SSSR count). The van der Waals surface area contributed by atoms with E-state index in [1.54, 1.807) is 66.7 Å². The summed E-state index contributed by atoms with van der Waals surface area (Å²) in [6, 6.07) is 19.5. The first-order valence-electron chi connectivity index (χ1n) is 12.4. The van der Waals surface area contributed by atoms with Crippen molar-refractivity contribution in [3.05, 3.63) is 89.5 Å². The minimum Gasteiger partial charge on any atom is -0.497 e. The zero-order valence-electron chi connectivity index (χ0n) is 22.0. The van der Waals surface area contributed by atoms with Gasteiger partial charge in [0.1, 0.15) is 11.5 Å². The molecule has 9 heteroatoms. The maximum atomic E-state index is 14.2. The molecule has 2 amide bonds. The van der Waals surface area contributed by atoms with Crippen molar-refractivity contribution < 1.29 is 33.4 Å². The maximum absolute atomic E-state index is 14.2. The van der Waals surface area contributed by atoms with E-state index in [-0.39, 0.29) is 11.5 Å². The monoisotopic (exact) mass is 528 g/mol. The van der Waals surface area contributed by atoms with Crippen LogP contribution >= 0.6 is 0 Å². The molecule has 1 N–H and O–H groups in total. The largest absolute Gasteiger partial charge is 0.497 e. The van der Waals surface area contributed by atoms with E-state index in [0.29, 0.717) is 28.2 Å². The van der Waals surface area contributed by atoms with Crippen LogP contribution in [0.4, 0.5) is 5.69 Å². The van der Waals surface area contributed by atoms with Gasteiger partial charge in [0, 0.05) is 23.2 Å². The molecule has 2 aliphatic heterocycles. The Kier molecular flexibility index (Phi) is 6.69. The number of hydrogen-bond donors (Lipinski definition) is 1. The number of nitrogens with zero attached hydrogens (tertiary/aromatic N) is 1. The third kappa shape index (κ3) is 3.97. The zero-order valence-corrected chi connectivity index (χ0v) is 22.0. The van der Waals surface area contributed by atoms with Crippen LogP contribution < -0.4 is 19.7 Å². The molecule has 0 unspecified atom stereocenters. The molecule has 3 aromatic carbocycles. The van der Waals surface area contributed by atoms with Crippen molar-refractivity contribution in [2.24, 2.45) is 11.8 Å². The van der Waals surface area contributed by atoms with Crippen LogP contribution in [0.2, 0.25) is 0 Å². The standard InChI is InChI=1S/C30H28N2O7/c1-17(33)18-9-8-12-20(15-18)32-27(34)24-25(28(32)35)30(29(36)39-4,19-10-6-5-7-11-19)31-26(24)22-14-13-21(37-2)16-23(22)38-3/h5-16,24-26,31H,1-4H3/t24-,25+,26+,30-/m1/s1. The minimum atomic E-state index is -1.67. The van der Waals surface area contributed by atoms with Crippen LogP contribution in [0.1, 0.15) is 34.5 Å². The summed E-state index contributed by atoms with van der Waals surface area (Å²) in [7, 11) is 4.28. The molecule has 4 atom stereocenters. The van der Waals surface area contributed by atoms with Gasteiger partial charge >= 0.3 is 5.97 Å². The van der Waals surface area contributed by atoms with Gasteiger partial charge in [0.15, 0.2) is 11.3 Å². The van der Waals surface area contributed by atoms with Gasteiger partial charge in [0.2, 0.25) is 11.8 Å². The molecule has 0 spiro atoms. The average Bonchev–Trinajstić information content (AvgIpc) is 3.46. The number of ketones is 1. The normalized spacial score (nSPS) is 23.9. The van der Waals surface area contributed by atoms with Gasteiger partial charge in [-0.25, -0.2) is 9.69 Å². The summed E-state index contributed by atoms with van der Waals surface area (Å²) in [4.78, 5) is 55.2. The molecule has 3 aromatic rings. The lowest BCUT2D eigenvalue weighted by atomic mass is 9.75. The van der Waals surface area contributed by atoms with Crippen molar-refractivity contribution in [3.8, 4) is 11.5 Å². The summed E-state index contributed by atoms with van der Waals surface area (Å²) in [6.07, 6.45) is 0. The molecule has 2 aliphatic rings. The topological polar surface area (TPSA) is 111 Å². The Labute approximate surface area is 225 Å². The first-order chi connectivity index (χ1) is 18.8. The summed E-state index contributed by atoms with van der Waals surface area (Å²) < 4.78 is 16.3. The molecule has 200 valence electrons. The first kappa shape index (κ1) is 26.1. The number of ether oxygens (including phenoxy) is 3. The Morgan fingerprint density at radius 1 is 0.872 bits per heavy atom. The van der Waals surface area contributed by atoms with Gasteiger partial charge in [-0.05, 0) is 30.7 Å². The quantitative estimate of drug-likeness (QED) is 0.282. The van der Waals surface area contributed by atoms with Crippen LogP contribution in [0.25, 0.3) is 0 Å². The highest BCUT2D eigenvalue weighted by atomic mass is 16.5. The Bertz CT molecular complexity index is 1470. The second-order valence-electron chi connectivity index (χ2n) is 9.52. The van der Waals surface area contributed by atoms with Crippen LogP contribution in [0.3, 0.4) is 0 Å². The van der Waals surface area contributed by atoms with E-state index in [1.807, 2.05) is 0 Å². The zero-order chi connectivity index (χ0) is 27.9. The molecular formula is C30H28N2O7. The number of rotatable bonds is 7. The Morgan fingerprint density at radius 2 is 1.62 bits per heavy atom. The number of amides is 2. The minimum absolute atomic E-state index is 0.202. The van der Waals surface area contributed by atoms with Crippen molar-refractivity contribution in [1.82, 2.24) is 5.32 Å². The lowest BCUT2D eigenvalue weighted by Crippen LogP contribution is -2.53. The summed E-state index contributed by atoms with van der Waals surface area (Å²) >= 11 is 0. The number of imide groups is 1. The Hall–Kier alpha value is -4.50. The van der Waals surface area contributed by atoms with Crippen molar-refractivity contribution in [1.29, 1.82) is 0 Å². The first-order valence-corrected chi connectivity index (χ1v) is 12.4. The van der Waals surface area contributed by atoms with E-state index < -0.39 is 41.2 Å². The molecular weight excluding hydrogens is 500 g/mol. The molecule has 2 saturated heterocycles. The van der Waals surface area contributed by atoms with E-state index in [9.17, 15) is 19.2 Å². The van der Waals surface area contributed by atoms with Crippen molar-refractivity contribution in [2.75, 3.05) is 26.2 Å². The van der Waals surface area contributed by atoms with Gasteiger partial charge in [-0.3, -0.25) is 19.7 Å². The van der Waals surface area contributed by atoms with E-state index in [4.69, 9.17) is 14.2 Å². The van der Waals surface area contributed by atoms with Gasteiger partial charge in [-0.15, -0.1) is 0 Å². The Balaban J connectivity index is 1.74. The molecule has 0 aromatic heterocycles. The number of fused-ring (bicyclic) bond motifs is 1. The van der Waals surface area contributed by atoms with Crippen molar-refractivity contribution in [3.63, 3.8) is 0 Å². The molecule has 2 fully saturated rings. The molecule has 0 aliphatic carbocycles. The van der Waals surface area contributed by atoms with Crippen molar-refractivity contribution >= 4 is 29.3 Å². The third-order valence-electron chi connectivity index (χ3n) is 7.58. The highest BCUT2D eigenvalue weighted by Crippen LogP contribution is 2.55.